The molecule has 2 heterocycles. The maximum Gasteiger partial charge on any atom is 0.142 e. The van der Waals surface area contributed by atoms with Gasteiger partial charge in [0.1, 0.15) is 17.8 Å². The molecule has 0 fully saturated rings. The predicted octanol–water partition coefficient (Wildman–Crippen LogP) is 2.34. The van der Waals surface area contributed by atoms with Crippen molar-refractivity contribution in [1.82, 2.24) is 0 Å². The number of benzene rings is 1. The van der Waals surface area contributed by atoms with Gasteiger partial charge >= 0.3 is 0 Å². The van der Waals surface area contributed by atoms with Gasteiger partial charge in [0.15, 0.2) is 0 Å². The Morgan fingerprint density at radius 2 is 1.82 bits per heavy atom. The van der Waals surface area contributed by atoms with Gasteiger partial charge in [-0.1, -0.05) is 11.6 Å². The maximum absolute atomic E-state index is 10.5. The molecular formula is C13H13ClO3. The van der Waals surface area contributed by atoms with E-state index in [9.17, 15) is 4.79 Å². The van der Waals surface area contributed by atoms with Crippen molar-refractivity contribution in [3.05, 3.63) is 21.7 Å². The Morgan fingerprint density at radius 3 is 2.59 bits per heavy atom. The first-order valence-corrected chi connectivity index (χ1v) is 6.26. The fraction of sp³-hybridized carbons (Fsp3) is 0.462. The summed E-state index contributed by atoms with van der Waals surface area (Å²) in [6.45, 7) is 1.35. The number of ether oxygens (including phenoxy) is 2. The summed E-state index contributed by atoms with van der Waals surface area (Å²) in [5, 5.41) is 0.708. The van der Waals surface area contributed by atoms with Crippen molar-refractivity contribution in [3.8, 4) is 11.5 Å². The summed E-state index contributed by atoms with van der Waals surface area (Å²) in [4.78, 5) is 10.5. The molecule has 0 saturated heterocycles. The fourth-order valence-electron chi connectivity index (χ4n) is 2.62. The quantitative estimate of drug-likeness (QED) is 0.775. The highest BCUT2D eigenvalue weighted by Crippen LogP contribution is 2.47. The minimum absolute atomic E-state index is 0.518. The Labute approximate surface area is 105 Å². The van der Waals surface area contributed by atoms with Crippen LogP contribution in [0.3, 0.4) is 0 Å². The van der Waals surface area contributed by atoms with Crippen LogP contribution in [0.1, 0.15) is 23.1 Å². The summed E-state index contributed by atoms with van der Waals surface area (Å²) in [5.41, 5.74) is 3.31. The number of carbonyl (C=O) groups excluding carboxylic acids is 1. The van der Waals surface area contributed by atoms with E-state index in [1.54, 1.807) is 0 Å². The van der Waals surface area contributed by atoms with Gasteiger partial charge in [-0.15, -0.1) is 0 Å². The van der Waals surface area contributed by atoms with E-state index in [0.717, 1.165) is 47.3 Å². The molecule has 2 aliphatic heterocycles. The van der Waals surface area contributed by atoms with Crippen LogP contribution in [0.2, 0.25) is 5.02 Å². The number of hydrogen-bond donors (Lipinski definition) is 0. The SMILES string of the molecule is O=CCCc1c2c(c(Cl)c3c1OCC3)OCC2. The molecule has 3 nitrogen and oxygen atoms in total. The zero-order valence-electron chi connectivity index (χ0n) is 9.42. The molecule has 0 saturated carbocycles. The van der Waals surface area contributed by atoms with E-state index in [1.807, 2.05) is 0 Å². The third-order valence-corrected chi connectivity index (χ3v) is 3.76. The van der Waals surface area contributed by atoms with Crippen molar-refractivity contribution in [2.24, 2.45) is 0 Å². The molecule has 1 aromatic rings. The predicted molar refractivity (Wildman–Crippen MR) is 64.2 cm³/mol. The summed E-state index contributed by atoms with van der Waals surface area (Å²) < 4.78 is 11.3. The van der Waals surface area contributed by atoms with Crippen molar-refractivity contribution in [3.63, 3.8) is 0 Å². The zero-order valence-corrected chi connectivity index (χ0v) is 10.2. The lowest BCUT2D eigenvalue weighted by Gasteiger charge is -2.13. The van der Waals surface area contributed by atoms with Gasteiger partial charge in [-0.05, 0) is 6.42 Å². The van der Waals surface area contributed by atoms with Gasteiger partial charge in [0.05, 0.1) is 18.2 Å². The molecule has 0 aliphatic carbocycles. The summed E-state index contributed by atoms with van der Waals surface area (Å²) >= 11 is 6.33. The lowest BCUT2D eigenvalue weighted by molar-refractivity contribution is -0.107. The lowest BCUT2D eigenvalue weighted by Crippen LogP contribution is -1.98. The van der Waals surface area contributed by atoms with Crippen LogP contribution < -0.4 is 9.47 Å². The second kappa shape index (κ2) is 4.22. The van der Waals surface area contributed by atoms with Gasteiger partial charge in [-0.2, -0.15) is 0 Å². The smallest absolute Gasteiger partial charge is 0.142 e. The highest BCUT2D eigenvalue weighted by Gasteiger charge is 2.30. The van der Waals surface area contributed by atoms with Gasteiger partial charge in [0.25, 0.3) is 0 Å². The monoisotopic (exact) mass is 252 g/mol. The zero-order chi connectivity index (χ0) is 11.8. The summed E-state index contributed by atoms with van der Waals surface area (Å²) in [6, 6.07) is 0. The van der Waals surface area contributed by atoms with Crippen molar-refractivity contribution in [2.75, 3.05) is 13.2 Å². The van der Waals surface area contributed by atoms with E-state index in [1.165, 1.54) is 0 Å². The van der Waals surface area contributed by atoms with Crippen molar-refractivity contribution in [1.29, 1.82) is 0 Å². The first kappa shape index (κ1) is 10.9. The van der Waals surface area contributed by atoms with Crippen LogP contribution >= 0.6 is 11.6 Å². The highest BCUT2D eigenvalue weighted by atomic mass is 35.5. The van der Waals surface area contributed by atoms with Crippen LogP contribution in [0, 0.1) is 0 Å². The highest BCUT2D eigenvalue weighted by molar-refractivity contribution is 6.33. The molecule has 90 valence electrons. The number of fused-ring (bicyclic) bond motifs is 2. The molecule has 0 spiro atoms. The molecule has 0 N–H and O–H groups in total. The van der Waals surface area contributed by atoms with Gasteiger partial charge in [-0.3, -0.25) is 0 Å². The molecule has 1 aromatic carbocycles. The van der Waals surface area contributed by atoms with Crippen LogP contribution in [0.25, 0.3) is 0 Å². The minimum atomic E-state index is 0.518. The number of halogens is 1. The number of carbonyl (C=O) groups is 1. The molecule has 2 aliphatic rings. The Morgan fingerprint density at radius 1 is 1.12 bits per heavy atom. The number of rotatable bonds is 3. The molecular weight excluding hydrogens is 240 g/mol. The molecule has 0 aromatic heterocycles. The van der Waals surface area contributed by atoms with Crippen molar-refractivity contribution >= 4 is 17.9 Å². The van der Waals surface area contributed by atoms with Crippen LogP contribution in [-0.2, 0) is 24.1 Å². The molecule has 0 radical (unpaired) electrons. The molecule has 0 bridgehead atoms. The largest absolute Gasteiger partial charge is 0.493 e. The Balaban J connectivity index is 2.15. The molecule has 3 rings (SSSR count). The summed E-state index contributed by atoms with van der Waals surface area (Å²) in [5.74, 6) is 1.72. The number of hydrogen-bond acceptors (Lipinski definition) is 3. The van der Waals surface area contributed by atoms with Crippen molar-refractivity contribution < 1.29 is 14.3 Å². The van der Waals surface area contributed by atoms with E-state index in [-0.39, 0.29) is 0 Å². The van der Waals surface area contributed by atoms with E-state index in [0.29, 0.717) is 31.1 Å². The average Bonchev–Trinajstić information content (AvgIpc) is 2.97. The molecule has 4 heteroatoms. The van der Waals surface area contributed by atoms with Gasteiger partial charge < -0.3 is 14.3 Å². The molecule has 0 unspecified atom stereocenters. The normalized spacial score (nSPS) is 16.1. The second-order valence-electron chi connectivity index (χ2n) is 4.31. The van der Waals surface area contributed by atoms with Crippen LogP contribution in [0.5, 0.6) is 11.5 Å². The van der Waals surface area contributed by atoms with E-state index in [4.69, 9.17) is 21.1 Å². The topological polar surface area (TPSA) is 35.5 Å². The molecule has 0 amide bonds. The van der Waals surface area contributed by atoms with Gasteiger partial charge in [0.2, 0.25) is 0 Å². The Hall–Kier alpha value is -1.22. The second-order valence-corrected chi connectivity index (χ2v) is 4.69. The first-order valence-electron chi connectivity index (χ1n) is 5.88. The Bertz CT molecular complexity index is 447. The minimum Gasteiger partial charge on any atom is -0.493 e. The summed E-state index contributed by atoms with van der Waals surface area (Å²) in [6.07, 6.45) is 3.87. The van der Waals surface area contributed by atoms with E-state index < -0.39 is 0 Å². The third-order valence-electron chi connectivity index (χ3n) is 3.36. The maximum atomic E-state index is 10.5. The van der Waals surface area contributed by atoms with Gasteiger partial charge in [-0.25, -0.2) is 0 Å². The Kier molecular flexibility index (Phi) is 2.71. The van der Waals surface area contributed by atoms with Crippen LogP contribution in [-0.4, -0.2) is 19.5 Å². The lowest BCUT2D eigenvalue weighted by atomic mass is 9.96. The molecule has 17 heavy (non-hydrogen) atoms. The number of aldehydes is 1. The summed E-state index contributed by atoms with van der Waals surface area (Å²) in [7, 11) is 0. The van der Waals surface area contributed by atoms with Crippen molar-refractivity contribution in [2.45, 2.75) is 25.7 Å². The first-order chi connectivity index (χ1) is 8.33. The van der Waals surface area contributed by atoms with Gasteiger partial charge in [0, 0.05) is 36.0 Å². The van der Waals surface area contributed by atoms with E-state index in [2.05, 4.69) is 0 Å². The fourth-order valence-corrected chi connectivity index (χ4v) is 2.96. The average molecular weight is 253 g/mol. The standard InChI is InChI=1S/C13H13ClO3/c14-11-10-4-7-16-12(10)8(2-1-5-15)9-3-6-17-13(9)11/h5H,1-4,6-7H2. The van der Waals surface area contributed by atoms with E-state index >= 15 is 0 Å². The van der Waals surface area contributed by atoms with Crippen LogP contribution in [0.4, 0.5) is 0 Å². The molecule has 0 atom stereocenters. The van der Waals surface area contributed by atoms with Crippen LogP contribution in [0.15, 0.2) is 0 Å². The third kappa shape index (κ3) is 1.61.